The molecule has 0 aromatic heterocycles. The van der Waals surface area contributed by atoms with Crippen LogP contribution in [-0.2, 0) is 0 Å². The van der Waals surface area contributed by atoms with Crippen LogP contribution in [0.2, 0.25) is 0 Å². The van der Waals surface area contributed by atoms with Crippen molar-refractivity contribution in [1.82, 2.24) is 0 Å². The molecule has 0 saturated carbocycles. The van der Waals surface area contributed by atoms with Gasteiger partial charge in [0.15, 0.2) is 0 Å². The standard InChI is InChI=1S/3C9H12O2.3K/c1-2-7-11-9-5-3-8(10)4-6-9;1-2-7-11-9-6-4-3-5-8(9)10;1-2-6-11-9-5-3-4-8(10)7-9;;;/h2*3-6,10H,2,7H2,1H3;3-5,7,10H,2,6H2,1H3;;;/q;;;3*+1/p-3. The SMILES string of the molecule is CCCOc1ccc([O-])cc1.CCCOc1cccc([O-])c1.CCCOc1ccccc1[O-].[K+].[K+].[K+]. The van der Waals surface area contributed by atoms with Gasteiger partial charge < -0.3 is 29.5 Å². The maximum atomic E-state index is 11.0. The molecule has 0 radical (unpaired) electrons. The average Bonchev–Trinajstić information content (AvgIpc) is 2.83. The Kier molecular flexibility index (Phi) is 32.5. The van der Waals surface area contributed by atoms with Crippen LogP contribution < -0.4 is 184 Å². The van der Waals surface area contributed by atoms with E-state index in [2.05, 4.69) is 0 Å². The summed E-state index contributed by atoms with van der Waals surface area (Å²) in [5.41, 5.74) is 0. The van der Waals surface area contributed by atoms with Gasteiger partial charge in [-0.1, -0.05) is 69.0 Å². The van der Waals surface area contributed by atoms with Gasteiger partial charge in [0, 0.05) is 0 Å². The van der Waals surface area contributed by atoms with Crippen LogP contribution in [0.25, 0.3) is 0 Å². The van der Waals surface area contributed by atoms with Gasteiger partial charge in [-0.05, 0) is 49.6 Å². The monoisotopic (exact) mass is 570 g/mol. The summed E-state index contributed by atoms with van der Waals surface area (Å²) < 4.78 is 15.7. The quantitative estimate of drug-likeness (QED) is 0.242. The van der Waals surface area contributed by atoms with Crippen molar-refractivity contribution < 1.29 is 184 Å². The van der Waals surface area contributed by atoms with Crippen molar-refractivity contribution in [3.8, 4) is 34.5 Å². The Morgan fingerprint density at radius 2 is 1.06 bits per heavy atom. The Hall–Kier alpha value is 1.37. The molecule has 0 N–H and O–H groups in total. The van der Waals surface area contributed by atoms with Gasteiger partial charge in [0.25, 0.3) is 0 Å². The van der Waals surface area contributed by atoms with Crippen LogP contribution in [0, 0.1) is 0 Å². The van der Waals surface area contributed by atoms with E-state index in [1.54, 1.807) is 42.5 Å². The first-order chi connectivity index (χ1) is 16.0. The molecule has 9 heteroatoms. The molecule has 0 aliphatic rings. The van der Waals surface area contributed by atoms with E-state index in [0.29, 0.717) is 31.3 Å². The molecule has 36 heavy (non-hydrogen) atoms. The third-order valence-corrected chi connectivity index (χ3v) is 3.89. The number of ether oxygens (including phenoxy) is 3. The molecular formula is C27H33K3O6. The van der Waals surface area contributed by atoms with Crippen molar-refractivity contribution in [2.75, 3.05) is 19.8 Å². The van der Waals surface area contributed by atoms with Crippen molar-refractivity contribution >= 4 is 0 Å². The number of benzene rings is 3. The average molecular weight is 571 g/mol. The number of hydrogen-bond acceptors (Lipinski definition) is 6. The zero-order valence-corrected chi connectivity index (χ0v) is 32.0. The van der Waals surface area contributed by atoms with E-state index >= 15 is 0 Å². The van der Waals surface area contributed by atoms with Crippen LogP contribution in [0.1, 0.15) is 40.0 Å². The fraction of sp³-hybridized carbons (Fsp3) is 0.333. The van der Waals surface area contributed by atoms with Crippen LogP contribution in [0.15, 0.2) is 72.8 Å². The molecule has 3 rings (SSSR count). The molecule has 0 spiro atoms. The van der Waals surface area contributed by atoms with Crippen LogP contribution in [-0.4, -0.2) is 19.8 Å². The van der Waals surface area contributed by atoms with Gasteiger partial charge in [0.2, 0.25) is 0 Å². The molecule has 0 saturated heterocycles. The van der Waals surface area contributed by atoms with Gasteiger partial charge in [-0.15, -0.1) is 11.5 Å². The largest absolute Gasteiger partial charge is 1.00 e. The predicted molar refractivity (Wildman–Crippen MR) is 125 cm³/mol. The summed E-state index contributed by atoms with van der Waals surface area (Å²) in [6.45, 7) is 8.07. The first-order valence-electron chi connectivity index (χ1n) is 11.2. The molecule has 0 aliphatic carbocycles. The van der Waals surface area contributed by atoms with Crippen LogP contribution in [0.4, 0.5) is 0 Å². The van der Waals surface area contributed by atoms with Crippen molar-refractivity contribution in [2.24, 2.45) is 0 Å². The van der Waals surface area contributed by atoms with E-state index in [0.717, 1.165) is 25.0 Å². The third kappa shape index (κ3) is 21.2. The second kappa shape index (κ2) is 27.9. The van der Waals surface area contributed by atoms with Crippen molar-refractivity contribution in [1.29, 1.82) is 0 Å². The summed E-state index contributed by atoms with van der Waals surface area (Å²) in [5, 5.41) is 32.4. The Labute approximate surface area is 343 Å². The third-order valence-electron chi connectivity index (χ3n) is 3.89. The van der Waals surface area contributed by atoms with Gasteiger partial charge >= 0.3 is 154 Å². The molecule has 0 heterocycles. The molecule has 0 fully saturated rings. The van der Waals surface area contributed by atoms with E-state index in [4.69, 9.17) is 14.2 Å². The Balaban J connectivity index is -0.000000436. The minimum atomic E-state index is -0.0408. The maximum Gasteiger partial charge on any atom is 1.00 e. The smallest absolute Gasteiger partial charge is 0.872 e. The predicted octanol–water partition coefficient (Wildman–Crippen LogP) is -4.34. The van der Waals surface area contributed by atoms with Crippen molar-refractivity contribution in [2.45, 2.75) is 40.0 Å². The summed E-state index contributed by atoms with van der Waals surface area (Å²) in [6, 6.07) is 19.6. The molecule has 3 aromatic carbocycles. The first kappa shape index (κ1) is 41.8. The van der Waals surface area contributed by atoms with Gasteiger partial charge in [-0.3, -0.25) is 0 Å². The second-order valence-corrected chi connectivity index (χ2v) is 6.94. The fourth-order valence-electron chi connectivity index (χ4n) is 2.32. The van der Waals surface area contributed by atoms with Gasteiger partial charge in [-0.2, -0.15) is 0 Å². The summed E-state index contributed by atoms with van der Waals surface area (Å²) >= 11 is 0. The zero-order valence-electron chi connectivity index (χ0n) is 22.6. The Morgan fingerprint density at radius 1 is 0.528 bits per heavy atom. The molecule has 0 bridgehead atoms. The maximum absolute atomic E-state index is 11.0. The molecule has 0 atom stereocenters. The van der Waals surface area contributed by atoms with Crippen LogP contribution in [0.5, 0.6) is 34.5 Å². The number of rotatable bonds is 9. The van der Waals surface area contributed by atoms with E-state index in [9.17, 15) is 15.3 Å². The first-order valence-corrected chi connectivity index (χ1v) is 11.2. The summed E-state index contributed by atoms with van der Waals surface area (Å²) in [5.74, 6) is 1.87. The molecule has 6 nitrogen and oxygen atoms in total. The second-order valence-electron chi connectivity index (χ2n) is 6.94. The van der Waals surface area contributed by atoms with Crippen molar-refractivity contribution in [3.05, 3.63) is 72.8 Å². The van der Waals surface area contributed by atoms with Crippen LogP contribution in [0.3, 0.4) is 0 Å². The molecule has 180 valence electrons. The summed E-state index contributed by atoms with van der Waals surface area (Å²) in [6.07, 6.45) is 2.87. The minimum Gasteiger partial charge on any atom is -0.872 e. The number of para-hydroxylation sites is 2. The molecule has 3 aromatic rings. The molecule has 0 aliphatic heterocycles. The summed E-state index contributed by atoms with van der Waals surface area (Å²) in [7, 11) is 0. The summed E-state index contributed by atoms with van der Waals surface area (Å²) in [4.78, 5) is 0. The van der Waals surface area contributed by atoms with E-state index in [1.807, 2.05) is 20.8 Å². The molecule has 0 unspecified atom stereocenters. The topological polar surface area (TPSA) is 96.9 Å². The minimum absolute atomic E-state index is 0. The van der Waals surface area contributed by atoms with E-state index < -0.39 is 0 Å². The fourth-order valence-corrected chi connectivity index (χ4v) is 2.32. The zero-order chi connectivity index (χ0) is 24.3. The van der Waals surface area contributed by atoms with E-state index in [-0.39, 0.29) is 171 Å². The molecule has 0 amide bonds. The molecular weight excluding hydrogens is 538 g/mol. The van der Waals surface area contributed by atoms with Gasteiger partial charge in [0.05, 0.1) is 19.8 Å². The van der Waals surface area contributed by atoms with Gasteiger partial charge in [-0.25, -0.2) is 0 Å². The van der Waals surface area contributed by atoms with Crippen LogP contribution >= 0.6 is 0 Å². The van der Waals surface area contributed by atoms with Gasteiger partial charge in [0.1, 0.15) is 17.2 Å². The van der Waals surface area contributed by atoms with E-state index in [1.165, 1.54) is 30.3 Å². The van der Waals surface area contributed by atoms with Crippen molar-refractivity contribution in [3.63, 3.8) is 0 Å². The Morgan fingerprint density at radius 3 is 1.58 bits per heavy atom. The number of hydrogen-bond donors (Lipinski definition) is 0. The normalized spacial score (nSPS) is 8.75. The Bertz CT molecular complexity index is 895.